The number of fused-ring (bicyclic) bond motifs is 2. The molecule has 3 aliphatic heterocycles. The van der Waals surface area contributed by atoms with E-state index in [1.807, 2.05) is 11.8 Å². The van der Waals surface area contributed by atoms with Crippen LogP contribution in [0.15, 0.2) is 33.7 Å². The number of amides is 1. The van der Waals surface area contributed by atoms with Crippen LogP contribution in [0.4, 0.5) is 10.1 Å². The average molecular weight is 704 g/mol. The molecule has 3 N–H and O–H groups in total. The first-order valence-corrected chi connectivity index (χ1v) is 16.3. The zero-order valence-electron chi connectivity index (χ0n) is 26.6. The minimum absolute atomic E-state index is 0. The topological polar surface area (TPSA) is 170 Å². The molecule has 0 radical (unpaired) electrons. The number of thioether (sulfide) groups is 1. The van der Waals surface area contributed by atoms with Gasteiger partial charge in [0.15, 0.2) is 5.43 Å². The van der Waals surface area contributed by atoms with Gasteiger partial charge in [0, 0.05) is 60.4 Å². The van der Waals surface area contributed by atoms with Crippen LogP contribution in [-0.2, 0) is 9.59 Å². The van der Waals surface area contributed by atoms with Crippen molar-refractivity contribution >= 4 is 63.4 Å². The molecule has 6 rings (SSSR count). The number of halogens is 1. The van der Waals surface area contributed by atoms with E-state index in [0.29, 0.717) is 47.3 Å². The number of β-lactam (4-membered cyclic amide) rings is 1. The first-order chi connectivity index (χ1) is 21.4. The molecular weight excluding hydrogens is 671 g/mol. The van der Waals surface area contributed by atoms with Gasteiger partial charge in [0.2, 0.25) is 5.91 Å². The van der Waals surface area contributed by atoms with Crippen molar-refractivity contribution in [3.05, 3.63) is 50.5 Å². The number of aliphatic hydroxyl groups is 1. The fourth-order valence-electron chi connectivity index (χ4n) is 6.76. The molecule has 12 nitrogen and oxygen atoms in total. The number of nitrogens with zero attached hydrogens (tertiary/aromatic N) is 3. The summed E-state index contributed by atoms with van der Waals surface area (Å²) in [6.07, 6.45) is 2.02. The van der Waals surface area contributed by atoms with Crippen molar-refractivity contribution in [3.63, 3.8) is 0 Å². The first kappa shape index (κ1) is 38.3. The van der Waals surface area contributed by atoms with Gasteiger partial charge in [-0.2, -0.15) is 0 Å². The third-order valence-corrected chi connectivity index (χ3v) is 10.8. The molecule has 240 valence electrons. The van der Waals surface area contributed by atoms with Gasteiger partial charge >= 0.3 is 59.1 Å². The molecule has 2 saturated heterocycles. The summed E-state index contributed by atoms with van der Waals surface area (Å²) in [5.74, 6) is -4.65. The molecule has 1 saturated carbocycles. The van der Waals surface area contributed by atoms with E-state index >= 15 is 4.39 Å². The van der Waals surface area contributed by atoms with Gasteiger partial charge in [0.05, 0.1) is 63.5 Å². The summed E-state index contributed by atoms with van der Waals surface area (Å²) < 4.78 is 17.4. The summed E-state index contributed by atoms with van der Waals surface area (Å²) in [5.41, 5.74) is -0.748. The summed E-state index contributed by atoms with van der Waals surface area (Å²) in [6, 6.07) is 1.82. The fourth-order valence-corrected chi connectivity index (χ4v) is 8.22. The Morgan fingerprint density at radius 1 is 1.21 bits per heavy atom. The molecule has 47 heavy (non-hydrogen) atoms. The normalized spacial score (nSPS) is 24.2. The minimum atomic E-state index is -1.60. The van der Waals surface area contributed by atoms with Gasteiger partial charge < -0.3 is 49.9 Å². The maximum atomic E-state index is 15.7. The largest absolute Gasteiger partial charge is 1.00 e. The van der Waals surface area contributed by atoms with E-state index in [9.17, 15) is 34.5 Å². The van der Waals surface area contributed by atoms with Crippen LogP contribution in [-0.4, -0.2) is 87.5 Å². The van der Waals surface area contributed by atoms with Gasteiger partial charge in [-0.05, 0) is 31.9 Å². The Labute approximate surface area is 324 Å². The summed E-state index contributed by atoms with van der Waals surface area (Å²) in [4.78, 5) is 53.0. The molecule has 1 aromatic heterocycles. The van der Waals surface area contributed by atoms with E-state index in [4.69, 9.17) is 12.2 Å². The van der Waals surface area contributed by atoms with Crippen molar-refractivity contribution in [2.45, 2.75) is 50.9 Å². The number of hydrogen-bond acceptors (Lipinski definition) is 11. The van der Waals surface area contributed by atoms with Gasteiger partial charge in [-0.3, -0.25) is 9.59 Å². The van der Waals surface area contributed by atoms with Crippen LogP contribution >= 0.6 is 24.0 Å². The average Bonchev–Trinajstić information content (AvgIpc) is 3.80. The van der Waals surface area contributed by atoms with Crippen LogP contribution in [0.2, 0.25) is 0 Å². The number of aliphatic hydroxyl groups excluding tert-OH is 1. The van der Waals surface area contributed by atoms with Crippen LogP contribution in [0.5, 0.6) is 0 Å². The first-order valence-electron chi connectivity index (χ1n) is 14.9. The fraction of sp³-hybridized carbons (Fsp3) is 0.500. The Kier molecular flexibility index (Phi) is 12.3. The van der Waals surface area contributed by atoms with Crippen molar-refractivity contribution < 1.29 is 93.2 Å². The second-order valence-electron chi connectivity index (χ2n) is 11.9. The number of benzene rings is 1. The SMILES string of the molecule is CC1C(SCCNC(=S)C2CNCCN2c2cc3c(cc2F)c(=O)c(C(=O)[O-])cn3C2CC2)=C(C(=O)[O-])N2C(=O)[C@@H]([C@@H](C)O)[C@H]12.[Na+].[Na+]. The second kappa shape index (κ2) is 15.2. The van der Waals surface area contributed by atoms with Crippen LogP contribution in [0.1, 0.15) is 43.1 Å². The number of aromatic nitrogens is 1. The number of carbonyl (C=O) groups is 3. The molecule has 3 fully saturated rings. The number of carbonyl (C=O) groups excluding carboxylic acids is 3. The molecule has 0 spiro atoms. The Morgan fingerprint density at radius 2 is 1.91 bits per heavy atom. The molecule has 1 aliphatic carbocycles. The summed E-state index contributed by atoms with van der Waals surface area (Å²) in [5, 5.41) is 40.1. The molecule has 4 heterocycles. The summed E-state index contributed by atoms with van der Waals surface area (Å²) in [7, 11) is 0. The van der Waals surface area contributed by atoms with Crippen LogP contribution in [0.25, 0.3) is 10.9 Å². The predicted octanol–water partition coefficient (Wildman–Crippen LogP) is -6.91. The van der Waals surface area contributed by atoms with Gasteiger partial charge in [-0.15, -0.1) is 11.8 Å². The second-order valence-corrected chi connectivity index (χ2v) is 13.5. The molecule has 4 aliphatic rings. The van der Waals surface area contributed by atoms with E-state index in [-0.39, 0.29) is 87.8 Å². The van der Waals surface area contributed by atoms with Gasteiger partial charge in [0.1, 0.15) is 5.82 Å². The Bertz CT molecular complexity index is 1720. The smallest absolute Gasteiger partial charge is 0.545 e. The maximum absolute atomic E-state index is 15.7. The Balaban J connectivity index is 0.00000250. The van der Waals surface area contributed by atoms with Crippen LogP contribution in [0, 0.1) is 17.7 Å². The Morgan fingerprint density at radius 3 is 2.53 bits per heavy atom. The monoisotopic (exact) mass is 703 g/mol. The number of carboxylic acid groups (broad SMARTS) is 2. The number of carboxylic acids is 2. The van der Waals surface area contributed by atoms with Crippen molar-refractivity contribution in [3.8, 4) is 0 Å². The van der Waals surface area contributed by atoms with Crippen molar-refractivity contribution in [2.24, 2.45) is 11.8 Å². The number of nitrogens with one attached hydrogen (secondary N) is 2. The van der Waals surface area contributed by atoms with Gasteiger partial charge in [0.25, 0.3) is 0 Å². The van der Waals surface area contributed by atoms with E-state index < -0.39 is 58.8 Å². The number of piperazine rings is 1. The van der Waals surface area contributed by atoms with Crippen LogP contribution < -0.4 is 90.3 Å². The molecule has 0 bridgehead atoms. The number of anilines is 1. The quantitative estimate of drug-likeness (QED) is 0.0927. The molecule has 17 heteroatoms. The molecule has 1 aromatic carbocycles. The minimum Gasteiger partial charge on any atom is -0.545 e. The summed E-state index contributed by atoms with van der Waals surface area (Å²) in [6.45, 7) is 5.12. The van der Waals surface area contributed by atoms with E-state index in [2.05, 4.69) is 10.6 Å². The van der Waals surface area contributed by atoms with Gasteiger partial charge in [-0.25, -0.2) is 4.39 Å². The molecule has 2 unspecified atom stereocenters. The maximum Gasteiger partial charge on any atom is 1.00 e. The number of aliphatic carboxylic acids is 1. The van der Waals surface area contributed by atoms with E-state index in [0.717, 1.165) is 18.9 Å². The summed E-state index contributed by atoms with van der Waals surface area (Å²) >= 11 is 7.02. The van der Waals surface area contributed by atoms with Crippen molar-refractivity contribution in [1.29, 1.82) is 0 Å². The van der Waals surface area contributed by atoms with Crippen LogP contribution in [0.3, 0.4) is 0 Å². The number of aromatic carboxylic acids is 1. The van der Waals surface area contributed by atoms with E-state index in [1.165, 1.54) is 29.8 Å². The molecule has 5 atom stereocenters. The standard InChI is InChI=1S/C30H34FN5O7S2.2Na/c1-13-23-22(14(2)37)28(39)36(23)24(30(42)43)26(13)45-8-6-33-27(44)21-11-32-5-7-34(21)20-10-19-16(9-18(20)31)25(38)17(29(40)41)12-35(19)15-3-4-15;;/h9-10,12-15,21-23,32,37H,3-8,11H2,1-2H3,(H,33,44)(H,40,41)(H,42,43);;/q;2*+1/p-2/t13?,14-,21?,22+,23+;;/m1../s1. The number of pyridine rings is 1. The number of hydrogen-bond donors (Lipinski definition) is 3. The number of rotatable bonds is 10. The van der Waals surface area contributed by atoms with Crippen molar-refractivity contribution in [2.75, 3.05) is 36.8 Å². The molecular formula is C30H32FN5Na2O7S2. The van der Waals surface area contributed by atoms with Crippen molar-refractivity contribution in [1.82, 2.24) is 20.1 Å². The van der Waals surface area contributed by atoms with Gasteiger partial charge in [-0.1, -0.05) is 19.1 Å². The third kappa shape index (κ3) is 6.94. The zero-order valence-corrected chi connectivity index (χ0v) is 32.2. The zero-order chi connectivity index (χ0) is 32.3. The predicted molar refractivity (Wildman–Crippen MR) is 165 cm³/mol. The molecule has 2 aromatic rings. The number of thiocarbonyl (C=S) groups is 1. The molecule has 1 amide bonds. The third-order valence-electron chi connectivity index (χ3n) is 9.08. The van der Waals surface area contributed by atoms with E-state index in [1.54, 1.807) is 10.6 Å². The Hall–Kier alpha value is -1.53.